The lowest BCUT2D eigenvalue weighted by atomic mass is 10.0. The van der Waals surface area contributed by atoms with Crippen molar-refractivity contribution in [1.29, 1.82) is 0 Å². The minimum atomic E-state index is -1.09. The summed E-state index contributed by atoms with van der Waals surface area (Å²) in [7, 11) is 1.55. The van der Waals surface area contributed by atoms with Crippen molar-refractivity contribution in [2.24, 2.45) is 0 Å². The molecule has 166 valence electrons. The van der Waals surface area contributed by atoms with E-state index in [2.05, 4.69) is 29.2 Å². The van der Waals surface area contributed by atoms with Crippen LogP contribution in [-0.4, -0.2) is 90.0 Å². The Balaban J connectivity index is 1.86. The highest BCUT2D eigenvalue weighted by atomic mass is 35.5. The van der Waals surface area contributed by atoms with E-state index < -0.39 is 24.5 Å². The summed E-state index contributed by atoms with van der Waals surface area (Å²) in [5, 5.41) is 30.8. The Bertz CT molecular complexity index is 574. The summed E-state index contributed by atoms with van der Waals surface area (Å²) in [6, 6.07) is 8.36. The van der Waals surface area contributed by atoms with Crippen molar-refractivity contribution in [3.63, 3.8) is 0 Å². The summed E-state index contributed by atoms with van der Waals surface area (Å²) in [4.78, 5) is 7.57. The van der Waals surface area contributed by atoms with Gasteiger partial charge in [0.2, 0.25) is 0 Å². The van der Waals surface area contributed by atoms with Crippen molar-refractivity contribution >= 4 is 28.9 Å². The molecule has 4 atom stereocenters. The number of aliphatic hydroxyl groups excluding tert-OH is 3. The van der Waals surface area contributed by atoms with Gasteiger partial charge in [-0.25, -0.2) is 0 Å². The van der Waals surface area contributed by atoms with E-state index in [0.717, 1.165) is 31.6 Å². The molecule has 1 heterocycles. The maximum absolute atomic E-state index is 10.0. The molecular weight excluding hydrogens is 419 g/mol. The quantitative estimate of drug-likeness (QED) is 0.329. The second-order valence-corrected chi connectivity index (χ2v) is 7.82. The third-order valence-electron chi connectivity index (χ3n) is 5.14. The van der Waals surface area contributed by atoms with Gasteiger partial charge in [0.05, 0.1) is 19.8 Å². The molecule has 0 saturated carbocycles. The molecule has 2 rings (SSSR count). The Morgan fingerprint density at radius 1 is 1.10 bits per heavy atom. The van der Waals surface area contributed by atoms with Crippen molar-refractivity contribution in [2.45, 2.75) is 43.8 Å². The number of rotatable bonds is 12. The van der Waals surface area contributed by atoms with Gasteiger partial charge >= 0.3 is 0 Å². The number of ether oxygens (including phenoxy) is 1. The van der Waals surface area contributed by atoms with Crippen LogP contribution in [0.2, 0.25) is 0 Å². The van der Waals surface area contributed by atoms with Crippen LogP contribution in [0, 0.1) is 0 Å². The molecule has 1 saturated heterocycles. The van der Waals surface area contributed by atoms with E-state index in [1.807, 2.05) is 0 Å². The number of hydrogen-bond acceptors (Lipinski definition) is 7. The maximum atomic E-state index is 10.0. The maximum Gasteiger partial charge on any atom is 0.136 e. The Morgan fingerprint density at radius 3 is 2.31 bits per heavy atom. The van der Waals surface area contributed by atoms with Crippen molar-refractivity contribution < 1.29 is 24.9 Å². The van der Waals surface area contributed by atoms with Crippen LogP contribution in [0.1, 0.15) is 18.4 Å². The van der Waals surface area contributed by atoms with Crippen LogP contribution >= 0.6 is 23.2 Å². The van der Waals surface area contributed by atoms with Gasteiger partial charge in [-0.1, -0.05) is 12.1 Å². The Kier molecular flexibility index (Phi) is 11.0. The van der Waals surface area contributed by atoms with Gasteiger partial charge in [-0.3, -0.25) is 4.84 Å². The molecule has 0 amide bonds. The molecule has 9 heteroatoms. The number of aliphatic hydroxyl groups is 3. The fourth-order valence-electron chi connectivity index (χ4n) is 3.51. The van der Waals surface area contributed by atoms with E-state index >= 15 is 0 Å². The highest BCUT2D eigenvalue weighted by Crippen LogP contribution is 2.23. The van der Waals surface area contributed by atoms with Gasteiger partial charge in [-0.15, -0.1) is 23.2 Å². The van der Waals surface area contributed by atoms with Crippen LogP contribution < -0.4 is 4.90 Å². The van der Waals surface area contributed by atoms with Crippen LogP contribution in [0.5, 0.6) is 0 Å². The molecule has 0 aliphatic carbocycles. The molecule has 1 aliphatic heterocycles. The summed E-state index contributed by atoms with van der Waals surface area (Å²) < 4.78 is 5.68. The van der Waals surface area contributed by atoms with E-state index in [0.29, 0.717) is 18.3 Å². The first-order chi connectivity index (χ1) is 14.0. The lowest BCUT2D eigenvalue weighted by molar-refractivity contribution is -0.295. The summed E-state index contributed by atoms with van der Waals surface area (Å²) in [5.74, 6) is 1.11. The van der Waals surface area contributed by atoms with Crippen LogP contribution in [-0.2, 0) is 16.0 Å². The third-order valence-corrected chi connectivity index (χ3v) is 5.48. The number of aryl methyl sites for hydroxylation is 1. The average molecular weight is 451 g/mol. The molecular formula is C20H32Cl2N2O5. The molecule has 1 fully saturated rings. The fourth-order valence-corrected chi connectivity index (χ4v) is 3.92. The number of anilines is 1. The molecule has 29 heavy (non-hydrogen) atoms. The van der Waals surface area contributed by atoms with Crippen LogP contribution in [0.4, 0.5) is 5.69 Å². The zero-order valence-electron chi connectivity index (χ0n) is 16.8. The number of nitrogens with zero attached hydrogens (tertiary/aromatic N) is 2. The van der Waals surface area contributed by atoms with E-state index in [1.54, 1.807) is 12.2 Å². The minimum Gasteiger partial charge on any atom is -0.394 e. The molecule has 1 aromatic carbocycles. The van der Waals surface area contributed by atoms with E-state index in [-0.39, 0.29) is 13.0 Å². The predicted molar refractivity (Wildman–Crippen MR) is 115 cm³/mol. The molecule has 1 aliphatic rings. The van der Waals surface area contributed by atoms with Crippen molar-refractivity contribution in [2.75, 3.05) is 50.0 Å². The van der Waals surface area contributed by atoms with Crippen molar-refractivity contribution in [1.82, 2.24) is 5.06 Å². The number of benzene rings is 1. The van der Waals surface area contributed by atoms with Gasteiger partial charge in [0.1, 0.15) is 18.4 Å². The molecule has 0 aromatic heterocycles. The zero-order valence-corrected chi connectivity index (χ0v) is 18.3. The first-order valence-electron chi connectivity index (χ1n) is 9.93. The van der Waals surface area contributed by atoms with E-state index in [1.165, 1.54) is 5.56 Å². The normalized spacial score (nSPS) is 24.8. The molecule has 0 radical (unpaired) electrons. The number of alkyl halides is 2. The van der Waals surface area contributed by atoms with Gasteiger partial charge in [0, 0.05) is 43.5 Å². The van der Waals surface area contributed by atoms with Gasteiger partial charge < -0.3 is 25.0 Å². The van der Waals surface area contributed by atoms with Gasteiger partial charge in [0.15, 0.2) is 0 Å². The second kappa shape index (κ2) is 12.9. The highest BCUT2D eigenvalue weighted by Gasteiger charge is 2.38. The summed E-state index contributed by atoms with van der Waals surface area (Å²) in [5.41, 5.74) is 2.31. The lowest BCUT2D eigenvalue weighted by Gasteiger charge is -2.40. The third kappa shape index (κ3) is 7.22. The minimum absolute atomic E-state index is 0.219. The molecule has 0 bridgehead atoms. The smallest absolute Gasteiger partial charge is 0.136 e. The number of hydrogen-bond donors (Lipinski definition) is 3. The van der Waals surface area contributed by atoms with Gasteiger partial charge in [0.25, 0.3) is 0 Å². The Hall–Kier alpha value is -0.640. The van der Waals surface area contributed by atoms with Gasteiger partial charge in [-0.2, -0.15) is 5.06 Å². The van der Waals surface area contributed by atoms with Gasteiger partial charge in [-0.05, 0) is 30.5 Å². The average Bonchev–Trinajstić information content (AvgIpc) is 2.73. The zero-order chi connectivity index (χ0) is 21.2. The SMILES string of the molecule is CON(CCCc1ccc(N(CCCl)CCCl)cc1)C1C[C@@H](O)[C@@H](O)[C@@H](CO)O1. The van der Waals surface area contributed by atoms with Crippen LogP contribution in [0.3, 0.4) is 0 Å². The predicted octanol–water partition coefficient (Wildman–Crippen LogP) is 1.60. The van der Waals surface area contributed by atoms with E-state index in [9.17, 15) is 15.3 Å². The number of halogens is 2. The molecule has 3 N–H and O–H groups in total. The van der Waals surface area contributed by atoms with E-state index in [4.69, 9.17) is 32.8 Å². The standard InChI is InChI=1S/C20H32Cl2N2O5/c1-28-24(19-13-17(26)20(27)18(14-25)29-19)10-2-3-15-4-6-16(7-5-15)23(11-8-21)12-9-22/h4-7,17-20,25-27H,2-3,8-14H2,1H3/t17-,18-,19?,20-/m1/s1. The highest BCUT2D eigenvalue weighted by molar-refractivity contribution is 6.18. The fraction of sp³-hybridized carbons (Fsp3) is 0.700. The largest absolute Gasteiger partial charge is 0.394 e. The van der Waals surface area contributed by atoms with Crippen molar-refractivity contribution in [3.05, 3.63) is 29.8 Å². The first kappa shape index (κ1) is 24.6. The monoisotopic (exact) mass is 450 g/mol. The van der Waals surface area contributed by atoms with Crippen LogP contribution in [0.15, 0.2) is 24.3 Å². The van der Waals surface area contributed by atoms with Crippen LogP contribution in [0.25, 0.3) is 0 Å². The lowest BCUT2D eigenvalue weighted by Crippen LogP contribution is -2.54. The first-order valence-corrected chi connectivity index (χ1v) is 11.0. The molecule has 0 spiro atoms. The van der Waals surface area contributed by atoms with Crippen molar-refractivity contribution in [3.8, 4) is 0 Å². The summed E-state index contributed by atoms with van der Waals surface area (Å²) in [6.45, 7) is 1.75. The molecule has 1 unspecified atom stereocenters. The Morgan fingerprint density at radius 2 is 1.76 bits per heavy atom. The second-order valence-electron chi connectivity index (χ2n) is 7.06. The summed E-state index contributed by atoms with van der Waals surface area (Å²) in [6.07, 6.45) is -1.49. The summed E-state index contributed by atoms with van der Waals surface area (Å²) >= 11 is 11.7. The topological polar surface area (TPSA) is 85.6 Å². The Labute approximate surface area is 182 Å². The number of hydroxylamine groups is 2. The molecule has 1 aromatic rings. The molecule has 7 nitrogen and oxygen atoms in total.